The topological polar surface area (TPSA) is 73.1 Å². The Bertz CT molecular complexity index is 1470. The van der Waals surface area contributed by atoms with E-state index in [1.165, 1.54) is 20.5 Å². The number of carbonyl (C=O) groups is 1. The molecule has 0 unspecified atom stereocenters. The second kappa shape index (κ2) is 8.76. The lowest BCUT2D eigenvalue weighted by molar-refractivity contribution is -0.116. The molecule has 0 radical (unpaired) electrons. The number of carbonyl (C=O) groups excluding carboxylic acids is 1. The first-order chi connectivity index (χ1) is 15.3. The fourth-order valence-corrected chi connectivity index (χ4v) is 4.60. The number of thiophene rings is 1. The number of fused-ring (bicyclic) bond motifs is 1. The van der Waals surface area contributed by atoms with Crippen molar-refractivity contribution in [3.8, 4) is 0 Å². The minimum atomic E-state index is -0.517. The Hall–Kier alpha value is -3.16. The Labute approximate surface area is 193 Å². The van der Waals surface area contributed by atoms with Gasteiger partial charge in [0.2, 0.25) is 5.91 Å². The van der Waals surface area contributed by atoms with Crippen LogP contribution in [0.15, 0.2) is 57.4 Å². The minimum Gasteiger partial charge on any atom is -0.324 e. The van der Waals surface area contributed by atoms with Crippen molar-refractivity contribution < 1.29 is 4.79 Å². The lowest BCUT2D eigenvalue weighted by Gasteiger charge is -2.14. The Morgan fingerprint density at radius 2 is 1.81 bits per heavy atom. The van der Waals surface area contributed by atoms with Crippen molar-refractivity contribution in [2.24, 2.45) is 0 Å². The van der Waals surface area contributed by atoms with Crippen LogP contribution >= 0.6 is 22.9 Å². The third kappa shape index (κ3) is 4.13. The zero-order chi connectivity index (χ0) is 23.0. The highest BCUT2D eigenvalue weighted by molar-refractivity contribution is 7.17. The van der Waals surface area contributed by atoms with Crippen LogP contribution in [0.2, 0.25) is 5.02 Å². The zero-order valence-corrected chi connectivity index (χ0v) is 19.5. The predicted molar refractivity (Wildman–Crippen MR) is 130 cm³/mol. The Balaban J connectivity index is 1.73. The molecule has 0 saturated carbocycles. The number of halogens is 1. The molecule has 0 atom stereocenters. The second-order valence-electron chi connectivity index (χ2n) is 7.77. The first kappa shape index (κ1) is 22.0. The van der Waals surface area contributed by atoms with E-state index in [0.29, 0.717) is 20.9 Å². The van der Waals surface area contributed by atoms with E-state index in [9.17, 15) is 14.4 Å². The molecule has 32 heavy (non-hydrogen) atoms. The average Bonchev–Trinajstić information content (AvgIpc) is 3.24. The third-order valence-corrected chi connectivity index (χ3v) is 6.89. The maximum Gasteiger partial charge on any atom is 0.332 e. The van der Waals surface area contributed by atoms with Crippen LogP contribution in [-0.2, 0) is 17.9 Å². The highest BCUT2D eigenvalue weighted by Gasteiger charge is 2.17. The van der Waals surface area contributed by atoms with Crippen molar-refractivity contribution in [3.63, 3.8) is 0 Å². The maximum atomic E-state index is 13.3. The van der Waals surface area contributed by atoms with Gasteiger partial charge in [-0.3, -0.25) is 18.7 Å². The molecule has 0 spiro atoms. The van der Waals surface area contributed by atoms with Gasteiger partial charge in [0, 0.05) is 10.7 Å². The van der Waals surface area contributed by atoms with E-state index >= 15 is 0 Å². The summed E-state index contributed by atoms with van der Waals surface area (Å²) < 4.78 is 2.99. The number of hydrogen-bond donors (Lipinski definition) is 1. The molecule has 8 heteroatoms. The highest BCUT2D eigenvalue weighted by Crippen LogP contribution is 2.23. The number of aromatic nitrogens is 2. The van der Waals surface area contributed by atoms with Crippen LogP contribution in [0, 0.1) is 20.8 Å². The van der Waals surface area contributed by atoms with Crippen LogP contribution in [0.3, 0.4) is 0 Å². The molecule has 2 aromatic carbocycles. The number of benzene rings is 2. The van der Waals surface area contributed by atoms with E-state index in [1.807, 2.05) is 39.0 Å². The third-order valence-electron chi connectivity index (χ3n) is 5.59. The Morgan fingerprint density at radius 3 is 2.56 bits per heavy atom. The van der Waals surface area contributed by atoms with Crippen molar-refractivity contribution in [1.29, 1.82) is 0 Å². The van der Waals surface area contributed by atoms with Crippen molar-refractivity contribution in [2.45, 2.75) is 33.9 Å². The van der Waals surface area contributed by atoms with Gasteiger partial charge in [-0.15, -0.1) is 11.3 Å². The van der Waals surface area contributed by atoms with Crippen LogP contribution < -0.4 is 16.6 Å². The molecule has 0 saturated heterocycles. The smallest absolute Gasteiger partial charge is 0.324 e. The molecular formula is C24H22ClN3O3S. The van der Waals surface area contributed by atoms with Gasteiger partial charge in [-0.25, -0.2) is 4.79 Å². The predicted octanol–water partition coefficient (Wildman–Crippen LogP) is 4.49. The molecule has 0 aliphatic carbocycles. The quantitative estimate of drug-likeness (QED) is 0.470. The summed E-state index contributed by atoms with van der Waals surface area (Å²) in [5, 5.41) is 5.11. The first-order valence-electron chi connectivity index (χ1n) is 10.1. The van der Waals surface area contributed by atoms with Crippen LogP contribution in [-0.4, -0.2) is 15.0 Å². The van der Waals surface area contributed by atoms with Crippen molar-refractivity contribution in [1.82, 2.24) is 9.13 Å². The van der Waals surface area contributed by atoms with Gasteiger partial charge < -0.3 is 5.32 Å². The van der Waals surface area contributed by atoms with Gasteiger partial charge in [0.25, 0.3) is 5.56 Å². The van der Waals surface area contributed by atoms with E-state index in [1.54, 1.807) is 29.6 Å². The van der Waals surface area contributed by atoms with Gasteiger partial charge in [-0.05, 0) is 66.6 Å². The number of rotatable bonds is 5. The fourth-order valence-electron chi connectivity index (χ4n) is 3.59. The monoisotopic (exact) mass is 467 g/mol. The van der Waals surface area contributed by atoms with Crippen molar-refractivity contribution >= 4 is 44.7 Å². The van der Waals surface area contributed by atoms with Gasteiger partial charge in [-0.1, -0.05) is 35.9 Å². The molecule has 2 heterocycles. The SMILES string of the molecule is Cc1ccc(Cn2c(=O)c3sccc3n(CC(=O)Nc3cccc(Cl)c3C)c2=O)cc1C. The van der Waals surface area contributed by atoms with Crippen LogP contribution in [0.5, 0.6) is 0 Å². The summed E-state index contributed by atoms with van der Waals surface area (Å²) in [6, 6.07) is 12.8. The molecule has 6 nitrogen and oxygen atoms in total. The van der Waals surface area contributed by atoms with Gasteiger partial charge >= 0.3 is 5.69 Å². The summed E-state index contributed by atoms with van der Waals surface area (Å²) in [6.07, 6.45) is 0. The van der Waals surface area contributed by atoms with E-state index in [2.05, 4.69) is 5.32 Å². The molecule has 0 fully saturated rings. The normalized spacial score (nSPS) is 11.1. The van der Waals surface area contributed by atoms with E-state index in [-0.39, 0.29) is 24.6 Å². The average molecular weight is 468 g/mol. The zero-order valence-electron chi connectivity index (χ0n) is 17.9. The second-order valence-corrected chi connectivity index (χ2v) is 9.10. The van der Waals surface area contributed by atoms with Crippen molar-refractivity contribution in [2.75, 3.05) is 5.32 Å². The lowest BCUT2D eigenvalue weighted by atomic mass is 10.1. The van der Waals surface area contributed by atoms with Crippen molar-refractivity contribution in [3.05, 3.63) is 96.0 Å². The largest absolute Gasteiger partial charge is 0.332 e. The molecular weight excluding hydrogens is 446 g/mol. The number of nitrogens with zero attached hydrogens (tertiary/aromatic N) is 2. The van der Waals surface area contributed by atoms with Crippen LogP contribution in [0.25, 0.3) is 10.2 Å². The minimum absolute atomic E-state index is 0.141. The molecule has 1 N–H and O–H groups in total. The van der Waals surface area contributed by atoms with Gasteiger partial charge in [0.05, 0.1) is 12.1 Å². The number of nitrogens with one attached hydrogen (secondary N) is 1. The summed E-state index contributed by atoms with van der Waals surface area (Å²) in [5.74, 6) is -0.374. The fraction of sp³-hybridized carbons (Fsp3) is 0.208. The maximum absolute atomic E-state index is 13.3. The Morgan fingerprint density at radius 1 is 1.03 bits per heavy atom. The van der Waals surface area contributed by atoms with E-state index in [4.69, 9.17) is 11.6 Å². The molecule has 4 aromatic rings. The molecule has 0 aliphatic heterocycles. The first-order valence-corrected chi connectivity index (χ1v) is 11.3. The van der Waals surface area contributed by atoms with Gasteiger partial charge in [-0.2, -0.15) is 0 Å². The summed E-state index contributed by atoms with van der Waals surface area (Å²) in [7, 11) is 0. The number of anilines is 1. The number of hydrogen-bond acceptors (Lipinski definition) is 4. The summed E-state index contributed by atoms with van der Waals surface area (Å²) in [5.41, 5.74) is 4.01. The van der Waals surface area contributed by atoms with Crippen LogP contribution in [0.1, 0.15) is 22.3 Å². The molecule has 1 amide bonds. The lowest BCUT2D eigenvalue weighted by Crippen LogP contribution is -2.41. The molecule has 4 rings (SSSR count). The molecule has 164 valence electrons. The van der Waals surface area contributed by atoms with Gasteiger partial charge in [0.1, 0.15) is 11.2 Å². The summed E-state index contributed by atoms with van der Waals surface area (Å²) in [6.45, 7) is 5.73. The van der Waals surface area contributed by atoms with Crippen LogP contribution in [0.4, 0.5) is 5.69 Å². The summed E-state index contributed by atoms with van der Waals surface area (Å²) >= 11 is 7.40. The van der Waals surface area contributed by atoms with Gasteiger partial charge in [0.15, 0.2) is 0 Å². The summed E-state index contributed by atoms with van der Waals surface area (Å²) in [4.78, 5) is 39.1. The molecule has 2 aromatic heterocycles. The number of amides is 1. The number of aryl methyl sites for hydroxylation is 2. The standard InChI is InChI=1S/C24H22ClN3O3S/c1-14-7-8-17(11-15(14)2)12-28-23(30)22-20(9-10-32-22)27(24(28)31)13-21(29)26-19-6-4-5-18(25)16(19)3/h4-11H,12-13H2,1-3H3,(H,26,29). The van der Waals surface area contributed by atoms with E-state index < -0.39 is 5.69 Å². The highest BCUT2D eigenvalue weighted by atomic mass is 35.5. The van der Waals surface area contributed by atoms with E-state index in [0.717, 1.165) is 22.3 Å². The Kier molecular flexibility index (Phi) is 6.04. The molecule has 0 aliphatic rings. The molecule has 0 bridgehead atoms.